The van der Waals surface area contributed by atoms with Crippen LogP contribution < -0.4 is 5.56 Å². The van der Waals surface area contributed by atoms with Gasteiger partial charge in [0.15, 0.2) is 0 Å². The average Bonchev–Trinajstić information content (AvgIpc) is 3.29. The first-order valence-electron chi connectivity index (χ1n) is 7.85. The molecule has 0 bridgehead atoms. The highest BCUT2D eigenvalue weighted by molar-refractivity contribution is 7.17. The summed E-state index contributed by atoms with van der Waals surface area (Å²) < 4.78 is 0.700. The molecule has 0 radical (unpaired) electrons. The van der Waals surface area contributed by atoms with E-state index < -0.39 is 0 Å². The minimum atomic E-state index is -0.0794. The summed E-state index contributed by atoms with van der Waals surface area (Å²) in [4.78, 5) is 15.3. The van der Waals surface area contributed by atoms with Crippen molar-refractivity contribution in [1.29, 1.82) is 0 Å². The number of benzene rings is 2. The van der Waals surface area contributed by atoms with Gasteiger partial charge < -0.3 is 10.1 Å². The molecule has 6 heteroatoms. The van der Waals surface area contributed by atoms with Crippen LogP contribution in [0, 0.1) is 0 Å². The van der Waals surface area contributed by atoms with Gasteiger partial charge in [-0.1, -0.05) is 18.2 Å². The van der Waals surface area contributed by atoms with E-state index in [0.29, 0.717) is 4.70 Å². The maximum absolute atomic E-state index is 12.3. The van der Waals surface area contributed by atoms with Crippen LogP contribution in [0.2, 0.25) is 0 Å². The van der Waals surface area contributed by atoms with Gasteiger partial charge in [-0.3, -0.25) is 9.89 Å². The SMILES string of the molecule is O=c1[nH]c2ccc(CO)c(-c3ccc4cn[nH]c4c3)c2c2ccsc12. The molecule has 3 aromatic heterocycles. The highest BCUT2D eigenvalue weighted by Crippen LogP contribution is 2.37. The predicted octanol–water partition coefficient (Wildman–Crippen LogP) is 3.78. The number of fused-ring (bicyclic) bond motifs is 4. The standard InChI is InChI=1S/C19H13N3O2S/c23-9-12-3-4-14-17(13-5-6-25-18(13)19(24)21-14)16(12)10-1-2-11-8-20-22-15(11)7-10/h1-8,23H,9H2,(H,20,22)(H,21,24). The largest absolute Gasteiger partial charge is 0.392 e. The van der Waals surface area contributed by atoms with Crippen LogP contribution in [-0.2, 0) is 6.61 Å². The van der Waals surface area contributed by atoms with Gasteiger partial charge in [-0.25, -0.2) is 0 Å². The van der Waals surface area contributed by atoms with Gasteiger partial charge in [-0.05, 0) is 40.3 Å². The smallest absolute Gasteiger partial charge is 0.266 e. The number of pyridine rings is 1. The van der Waals surface area contributed by atoms with Gasteiger partial charge in [0.1, 0.15) is 4.70 Å². The van der Waals surface area contributed by atoms with Crippen molar-refractivity contribution < 1.29 is 5.11 Å². The molecule has 0 saturated heterocycles. The second kappa shape index (κ2) is 5.27. The summed E-state index contributed by atoms with van der Waals surface area (Å²) in [6.07, 6.45) is 1.78. The van der Waals surface area contributed by atoms with Gasteiger partial charge in [0, 0.05) is 21.7 Å². The van der Waals surface area contributed by atoms with Crippen LogP contribution >= 0.6 is 11.3 Å². The van der Waals surface area contributed by atoms with Crippen LogP contribution in [0.1, 0.15) is 5.56 Å². The number of H-pyrrole nitrogens is 2. The molecule has 3 N–H and O–H groups in total. The second-order valence-electron chi connectivity index (χ2n) is 5.97. The maximum Gasteiger partial charge on any atom is 0.266 e. The third-order valence-corrected chi connectivity index (χ3v) is 5.49. The fraction of sp³-hybridized carbons (Fsp3) is 0.0526. The molecule has 0 atom stereocenters. The Morgan fingerprint density at radius 1 is 1.12 bits per heavy atom. The lowest BCUT2D eigenvalue weighted by molar-refractivity contribution is 0.282. The number of aliphatic hydroxyl groups excluding tert-OH is 1. The van der Waals surface area contributed by atoms with E-state index in [1.165, 1.54) is 11.3 Å². The Bertz CT molecular complexity index is 1310. The van der Waals surface area contributed by atoms with E-state index >= 15 is 0 Å². The summed E-state index contributed by atoms with van der Waals surface area (Å²) in [5.41, 5.74) is 4.37. The molecule has 0 spiro atoms. The molecule has 0 aliphatic carbocycles. The average molecular weight is 347 g/mol. The van der Waals surface area contributed by atoms with Crippen LogP contribution in [-0.4, -0.2) is 20.3 Å². The molecule has 0 fully saturated rings. The summed E-state index contributed by atoms with van der Waals surface area (Å²) in [7, 11) is 0. The second-order valence-corrected chi connectivity index (χ2v) is 6.89. The number of rotatable bonds is 2. The van der Waals surface area contributed by atoms with Gasteiger partial charge in [-0.2, -0.15) is 5.10 Å². The van der Waals surface area contributed by atoms with Gasteiger partial charge >= 0.3 is 0 Å². The van der Waals surface area contributed by atoms with Crippen molar-refractivity contribution in [2.45, 2.75) is 6.61 Å². The number of hydrogen-bond donors (Lipinski definition) is 3. The first kappa shape index (κ1) is 14.4. The molecule has 25 heavy (non-hydrogen) atoms. The van der Waals surface area contributed by atoms with Gasteiger partial charge in [0.25, 0.3) is 5.56 Å². The van der Waals surface area contributed by atoms with Crippen LogP contribution in [0.5, 0.6) is 0 Å². The Balaban J connectivity index is 1.98. The van der Waals surface area contributed by atoms with Crippen LogP contribution in [0.15, 0.2) is 52.8 Å². The minimum absolute atomic E-state index is 0.0724. The van der Waals surface area contributed by atoms with Crippen LogP contribution in [0.4, 0.5) is 0 Å². The first-order valence-corrected chi connectivity index (χ1v) is 8.73. The van der Waals surface area contributed by atoms with Gasteiger partial charge in [0.05, 0.1) is 18.3 Å². The lowest BCUT2D eigenvalue weighted by atomic mass is 9.93. The van der Waals surface area contributed by atoms with E-state index in [1.54, 1.807) is 6.20 Å². The Hall–Kier alpha value is -2.96. The Morgan fingerprint density at radius 3 is 2.92 bits per heavy atom. The fourth-order valence-electron chi connectivity index (χ4n) is 3.44. The van der Waals surface area contributed by atoms with Gasteiger partial charge in [0.2, 0.25) is 0 Å². The zero-order chi connectivity index (χ0) is 17.0. The molecule has 5 aromatic rings. The van der Waals surface area contributed by atoms with Crippen molar-refractivity contribution in [3.05, 3.63) is 63.9 Å². The highest BCUT2D eigenvalue weighted by Gasteiger charge is 2.15. The molecular weight excluding hydrogens is 334 g/mol. The molecule has 122 valence electrons. The Morgan fingerprint density at radius 2 is 2.04 bits per heavy atom. The molecule has 0 aliphatic heterocycles. The van der Waals surface area contributed by atoms with Crippen molar-refractivity contribution in [2.24, 2.45) is 0 Å². The van der Waals surface area contributed by atoms with Crippen molar-refractivity contribution >= 4 is 43.2 Å². The number of hydrogen-bond acceptors (Lipinski definition) is 4. The van der Waals surface area contributed by atoms with Crippen molar-refractivity contribution in [1.82, 2.24) is 15.2 Å². The molecule has 2 aromatic carbocycles. The third kappa shape index (κ3) is 2.05. The molecular formula is C19H13N3O2S. The van der Waals surface area contributed by atoms with Crippen molar-refractivity contribution in [2.75, 3.05) is 0 Å². The molecule has 0 aliphatic rings. The molecule has 3 heterocycles. The van der Waals surface area contributed by atoms with E-state index in [4.69, 9.17) is 0 Å². The summed E-state index contributed by atoms with van der Waals surface area (Å²) in [5.74, 6) is 0. The zero-order valence-electron chi connectivity index (χ0n) is 13.0. The lowest BCUT2D eigenvalue weighted by Gasteiger charge is -2.13. The number of nitrogens with one attached hydrogen (secondary N) is 2. The van der Waals surface area contributed by atoms with Crippen LogP contribution in [0.25, 0.3) is 43.0 Å². The lowest BCUT2D eigenvalue weighted by Crippen LogP contribution is -2.05. The number of aromatic amines is 2. The molecule has 5 nitrogen and oxygen atoms in total. The fourth-order valence-corrected chi connectivity index (χ4v) is 4.24. The van der Waals surface area contributed by atoms with E-state index in [9.17, 15) is 9.90 Å². The highest BCUT2D eigenvalue weighted by atomic mass is 32.1. The summed E-state index contributed by atoms with van der Waals surface area (Å²) in [6, 6.07) is 11.7. The van der Waals surface area contributed by atoms with Crippen LogP contribution in [0.3, 0.4) is 0 Å². The third-order valence-electron chi connectivity index (χ3n) is 4.58. The molecule has 0 saturated carbocycles. The minimum Gasteiger partial charge on any atom is -0.392 e. The predicted molar refractivity (Wildman–Crippen MR) is 101 cm³/mol. The summed E-state index contributed by atoms with van der Waals surface area (Å²) in [6.45, 7) is -0.0724. The molecule has 0 amide bonds. The number of thiophene rings is 1. The quantitative estimate of drug-likeness (QED) is 0.454. The van der Waals surface area contributed by atoms with E-state index in [1.807, 2.05) is 41.8 Å². The summed E-state index contributed by atoms with van der Waals surface area (Å²) in [5, 5.41) is 21.8. The van der Waals surface area contributed by atoms with Gasteiger partial charge in [-0.15, -0.1) is 11.3 Å². The van der Waals surface area contributed by atoms with Crippen molar-refractivity contribution in [3.8, 4) is 11.1 Å². The monoisotopic (exact) mass is 347 g/mol. The Labute approximate surface area is 145 Å². The maximum atomic E-state index is 12.3. The van der Waals surface area contributed by atoms with E-state index in [-0.39, 0.29) is 12.2 Å². The summed E-state index contributed by atoms with van der Waals surface area (Å²) >= 11 is 1.43. The van der Waals surface area contributed by atoms with E-state index in [2.05, 4.69) is 15.2 Å². The molecule has 5 rings (SSSR count). The number of nitrogens with zero attached hydrogens (tertiary/aromatic N) is 1. The topological polar surface area (TPSA) is 81.8 Å². The van der Waals surface area contributed by atoms with E-state index in [0.717, 1.165) is 43.9 Å². The Kier molecular flexibility index (Phi) is 3.03. The van der Waals surface area contributed by atoms with Crippen molar-refractivity contribution in [3.63, 3.8) is 0 Å². The normalized spacial score (nSPS) is 11.7. The molecule has 0 unspecified atom stereocenters. The zero-order valence-corrected chi connectivity index (χ0v) is 13.9. The number of aliphatic hydroxyl groups is 1. The number of aromatic nitrogens is 3. The first-order chi connectivity index (χ1) is 12.3.